The first-order chi connectivity index (χ1) is 14.4. The van der Waals surface area contributed by atoms with Gasteiger partial charge in [-0.2, -0.15) is 0 Å². The van der Waals surface area contributed by atoms with Crippen molar-refractivity contribution in [3.05, 3.63) is 64.9 Å². The lowest BCUT2D eigenvalue weighted by molar-refractivity contribution is -0.126. The Hall–Kier alpha value is -2.11. The molecule has 4 nitrogen and oxygen atoms in total. The molecule has 7 heteroatoms. The Morgan fingerprint density at radius 1 is 1.10 bits per heavy atom. The summed E-state index contributed by atoms with van der Waals surface area (Å²) in [5, 5.41) is 3.66. The smallest absolute Gasteiger partial charge is 0.248 e. The van der Waals surface area contributed by atoms with E-state index < -0.39 is 17.8 Å². The van der Waals surface area contributed by atoms with E-state index in [4.69, 9.17) is 23.2 Å². The zero-order valence-electron chi connectivity index (χ0n) is 16.8. The van der Waals surface area contributed by atoms with Gasteiger partial charge in [0.2, 0.25) is 11.8 Å². The minimum absolute atomic E-state index is 0.0437. The summed E-state index contributed by atoms with van der Waals surface area (Å²) < 4.78 is 13.5. The van der Waals surface area contributed by atoms with Crippen LogP contribution >= 0.6 is 23.2 Å². The second kappa shape index (κ2) is 10.3. The molecule has 1 aliphatic carbocycles. The van der Waals surface area contributed by atoms with Gasteiger partial charge in [0.05, 0.1) is 0 Å². The van der Waals surface area contributed by atoms with E-state index in [1.807, 2.05) is 0 Å². The van der Waals surface area contributed by atoms with E-state index in [9.17, 15) is 14.0 Å². The average molecular weight is 451 g/mol. The van der Waals surface area contributed by atoms with Crippen molar-refractivity contribution in [2.45, 2.75) is 44.7 Å². The molecule has 0 unspecified atom stereocenters. The van der Waals surface area contributed by atoms with Gasteiger partial charge in [0.1, 0.15) is 17.7 Å². The van der Waals surface area contributed by atoms with Crippen molar-refractivity contribution in [1.29, 1.82) is 0 Å². The van der Waals surface area contributed by atoms with E-state index in [1.165, 1.54) is 29.2 Å². The number of hydrogen-bond donors (Lipinski definition) is 1. The molecular weight excluding hydrogens is 426 g/mol. The number of amides is 2. The monoisotopic (exact) mass is 450 g/mol. The molecular formula is C23H25Cl2FN2O2. The SMILES string of the molecule is C[C@@H]1CCCC[C@H]1NC(=O)[C@@H](c1ccc(Cl)cc1)N(C(=O)CCl)c1ccc(F)cc1. The van der Waals surface area contributed by atoms with Crippen molar-refractivity contribution >= 4 is 40.7 Å². The summed E-state index contributed by atoms with van der Waals surface area (Å²) in [4.78, 5) is 27.7. The Kier molecular flexibility index (Phi) is 7.73. The summed E-state index contributed by atoms with van der Waals surface area (Å²) in [6.45, 7) is 2.13. The van der Waals surface area contributed by atoms with Crippen molar-refractivity contribution in [3.63, 3.8) is 0 Å². The predicted molar refractivity (Wildman–Crippen MR) is 118 cm³/mol. The Labute approximate surface area is 186 Å². The maximum absolute atomic E-state index is 13.5. The summed E-state index contributed by atoms with van der Waals surface area (Å²) in [7, 11) is 0. The van der Waals surface area contributed by atoms with Gasteiger partial charge >= 0.3 is 0 Å². The minimum Gasteiger partial charge on any atom is -0.351 e. The average Bonchev–Trinajstić information content (AvgIpc) is 2.75. The number of carbonyl (C=O) groups is 2. The van der Waals surface area contributed by atoms with Crippen LogP contribution in [0.25, 0.3) is 0 Å². The van der Waals surface area contributed by atoms with Gasteiger partial charge < -0.3 is 5.32 Å². The summed E-state index contributed by atoms with van der Waals surface area (Å²) in [6, 6.07) is 11.3. The van der Waals surface area contributed by atoms with Crippen molar-refractivity contribution in [2.75, 3.05) is 10.8 Å². The first-order valence-corrected chi connectivity index (χ1v) is 11.0. The number of carbonyl (C=O) groups excluding carboxylic acids is 2. The van der Waals surface area contributed by atoms with E-state index in [-0.39, 0.29) is 17.8 Å². The highest BCUT2D eigenvalue weighted by molar-refractivity contribution is 6.30. The fourth-order valence-corrected chi connectivity index (χ4v) is 4.21. The Morgan fingerprint density at radius 3 is 2.33 bits per heavy atom. The second-order valence-electron chi connectivity index (χ2n) is 7.70. The highest BCUT2D eigenvalue weighted by atomic mass is 35.5. The molecule has 0 saturated heterocycles. The van der Waals surface area contributed by atoms with Crippen LogP contribution in [0.4, 0.5) is 10.1 Å². The fraction of sp³-hybridized carbons (Fsp3) is 0.391. The third kappa shape index (κ3) is 5.32. The van der Waals surface area contributed by atoms with Crippen molar-refractivity contribution in [2.24, 2.45) is 5.92 Å². The lowest BCUT2D eigenvalue weighted by Crippen LogP contribution is -2.49. The second-order valence-corrected chi connectivity index (χ2v) is 8.41. The number of rotatable bonds is 6. The van der Waals surface area contributed by atoms with Crippen LogP contribution in [-0.4, -0.2) is 23.7 Å². The van der Waals surface area contributed by atoms with Crippen LogP contribution < -0.4 is 10.2 Å². The third-order valence-corrected chi connectivity index (χ3v) is 6.10. The Morgan fingerprint density at radius 2 is 1.73 bits per heavy atom. The van der Waals surface area contributed by atoms with Gasteiger partial charge in [-0.25, -0.2) is 4.39 Å². The van der Waals surface area contributed by atoms with Gasteiger partial charge in [-0.3, -0.25) is 14.5 Å². The lowest BCUT2D eigenvalue weighted by Gasteiger charge is -2.35. The number of hydrogen-bond acceptors (Lipinski definition) is 2. The molecule has 0 bridgehead atoms. The molecule has 1 saturated carbocycles. The number of alkyl halides is 1. The van der Waals surface area contributed by atoms with Crippen molar-refractivity contribution in [1.82, 2.24) is 5.32 Å². The number of benzene rings is 2. The van der Waals surface area contributed by atoms with Gasteiger partial charge in [0.25, 0.3) is 0 Å². The number of anilines is 1. The van der Waals surface area contributed by atoms with Crippen LogP contribution in [0.3, 0.4) is 0 Å². The van der Waals surface area contributed by atoms with Crippen LogP contribution in [0.5, 0.6) is 0 Å². The minimum atomic E-state index is -0.951. The molecule has 3 atom stereocenters. The Balaban J connectivity index is 2.01. The molecule has 0 radical (unpaired) electrons. The number of nitrogens with one attached hydrogen (secondary N) is 1. The Bertz CT molecular complexity index is 874. The van der Waals surface area contributed by atoms with Crippen LogP contribution in [0.2, 0.25) is 5.02 Å². The van der Waals surface area contributed by atoms with Gasteiger partial charge in [0.15, 0.2) is 0 Å². The van der Waals surface area contributed by atoms with Crippen molar-refractivity contribution in [3.8, 4) is 0 Å². The van der Waals surface area contributed by atoms with Gasteiger partial charge in [-0.15, -0.1) is 11.6 Å². The lowest BCUT2D eigenvalue weighted by atomic mass is 9.85. The molecule has 2 aromatic rings. The van der Waals surface area contributed by atoms with Gasteiger partial charge in [-0.1, -0.05) is 43.5 Å². The topological polar surface area (TPSA) is 49.4 Å². The maximum atomic E-state index is 13.5. The molecule has 1 fully saturated rings. The van der Waals surface area contributed by atoms with Crippen LogP contribution in [0.15, 0.2) is 48.5 Å². The molecule has 30 heavy (non-hydrogen) atoms. The molecule has 1 N–H and O–H groups in total. The molecule has 2 amide bonds. The zero-order valence-corrected chi connectivity index (χ0v) is 18.3. The van der Waals surface area contributed by atoms with Gasteiger partial charge in [0, 0.05) is 16.8 Å². The zero-order chi connectivity index (χ0) is 21.7. The van der Waals surface area contributed by atoms with E-state index in [1.54, 1.807) is 24.3 Å². The third-order valence-electron chi connectivity index (χ3n) is 5.62. The number of halogens is 3. The van der Waals surface area contributed by atoms with E-state index >= 15 is 0 Å². The van der Waals surface area contributed by atoms with Crippen LogP contribution in [0, 0.1) is 11.7 Å². The van der Waals surface area contributed by atoms with E-state index in [2.05, 4.69) is 12.2 Å². The molecule has 2 aromatic carbocycles. The number of nitrogens with zero attached hydrogens (tertiary/aromatic N) is 1. The fourth-order valence-electron chi connectivity index (χ4n) is 3.96. The van der Waals surface area contributed by atoms with Crippen molar-refractivity contribution < 1.29 is 14.0 Å². The molecule has 0 aliphatic heterocycles. The standard InChI is InChI=1S/C23H25Cl2FN2O2/c1-15-4-2-3-5-20(15)27-23(30)22(16-6-8-17(25)9-7-16)28(21(29)14-24)19-12-10-18(26)11-13-19/h6-13,15,20,22H,2-5,14H2,1H3,(H,27,30)/t15-,20-,22-/m1/s1. The molecule has 160 valence electrons. The summed E-state index contributed by atoms with van der Waals surface area (Å²) >= 11 is 11.9. The highest BCUT2D eigenvalue weighted by Gasteiger charge is 2.34. The summed E-state index contributed by atoms with van der Waals surface area (Å²) in [6.07, 6.45) is 4.17. The summed E-state index contributed by atoms with van der Waals surface area (Å²) in [5.74, 6) is -1.12. The predicted octanol–water partition coefficient (Wildman–Crippen LogP) is 5.49. The first-order valence-electron chi connectivity index (χ1n) is 10.1. The summed E-state index contributed by atoms with van der Waals surface area (Å²) in [5.41, 5.74) is 0.997. The molecule has 1 aliphatic rings. The normalized spacial score (nSPS) is 19.7. The maximum Gasteiger partial charge on any atom is 0.248 e. The molecule has 0 heterocycles. The first kappa shape index (κ1) is 22.6. The quantitative estimate of drug-likeness (QED) is 0.591. The molecule has 0 spiro atoms. The van der Waals surface area contributed by atoms with E-state index in [0.29, 0.717) is 22.2 Å². The van der Waals surface area contributed by atoms with Gasteiger partial charge in [-0.05, 0) is 60.7 Å². The molecule has 3 rings (SSSR count). The van der Waals surface area contributed by atoms with E-state index in [0.717, 1.165) is 25.7 Å². The molecule has 0 aromatic heterocycles. The van der Waals surface area contributed by atoms with Crippen LogP contribution in [0.1, 0.15) is 44.2 Å². The van der Waals surface area contributed by atoms with Crippen LogP contribution in [-0.2, 0) is 9.59 Å². The highest BCUT2D eigenvalue weighted by Crippen LogP contribution is 2.31. The largest absolute Gasteiger partial charge is 0.351 e.